The average Bonchev–Trinajstić information content (AvgIpc) is 2.96. The fourth-order valence-electron chi connectivity index (χ4n) is 10.3. The molecule has 0 aromatic heterocycles. The molecule has 4 rings (SSSR count). The first-order chi connectivity index (χ1) is 14.4. The van der Waals surface area contributed by atoms with Crippen molar-refractivity contribution in [3.63, 3.8) is 0 Å². The molecule has 0 heterocycles. The van der Waals surface area contributed by atoms with Crippen molar-refractivity contribution in [1.82, 2.24) is 0 Å². The second-order valence-corrected chi connectivity index (χ2v) is 14.1. The Morgan fingerprint density at radius 1 is 0.871 bits per heavy atom. The molecule has 31 heavy (non-hydrogen) atoms. The average molecular weight is 429 g/mol. The Morgan fingerprint density at radius 2 is 1.55 bits per heavy atom. The van der Waals surface area contributed by atoms with Gasteiger partial charge in [-0.05, 0) is 129 Å². The highest BCUT2D eigenvalue weighted by molar-refractivity contribution is 5.16. The van der Waals surface area contributed by atoms with E-state index in [0.717, 1.165) is 30.1 Å². The molecule has 0 aromatic rings. The summed E-state index contributed by atoms with van der Waals surface area (Å²) in [5.74, 6) is 4.20. The molecule has 1 nitrogen and oxygen atoms in total. The van der Waals surface area contributed by atoms with Crippen molar-refractivity contribution >= 4 is 0 Å². The molecular formula is C30H52O. The van der Waals surface area contributed by atoms with Gasteiger partial charge in [0.2, 0.25) is 0 Å². The van der Waals surface area contributed by atoms with Crippen LogP contribution in [0.3, 0.4) is 0 Å². The van der Waals surface area contributed by atoms with Crippen LogP contribution in [0.1, 0.15) is 120 Å². The summed E-state index contributed by atoms with van der Waals surface area (Å²) in [6.45, 7) is 19.9. The normalized spacial score (nSPS) is 49.5. The lowest BCUT2D eigenvalue weighted by Gasteiger charge is -2.67. The first kappa shape index (κ1) is 23.8. The number of hydrogen-bond donors (Lipinski definition) is 1. The smallest absolute Gasteiger partial charge is 0.0594 e. The van der Waals surface area contributed by atoms with Gasteiger partial charge in [0.1, 0.15) is 0 Å². The lowest BCUT2D eigenvalue weighted by atomic mass is 9.38. The van der Waals surface area contributed by atoms with Gasteiger partial charge in [0.15, 0.2) is 0 Å². The molecule has 0 aliphatic heterocycles. The first-order valence-corrected chi connectivity index (χ1v) is 13.7. The third-order valence-corrected chi connectivity index (χ3v) is 12.4. The fraction of sp³-hybridized carbons (Fsp3) is 0.933. The SMILES string of the molecule is CC(C)=CCCC(C)C1CCC2(C)C3CCC4C(C)(C)C(O)CCC4(C)C3CCC12C. The monoisotopic (exact) mass is 428 g/mol. The molecule has 4 aliphatic rings. The van der Waals surface area contributed by atoms with Crippen molar-refractivity contribution in [2.75, 3.05) is 0 Å². The third-order valence-electron chi connectivity index (χ3n) is 12.4. The molecule has 9 unspecified atom stereocenters. The number of fused-ring (bicyclic) bond motifs is 5. The lowest BCUT2D eigenvalue weighted by Crippen LogP contribution is -2.61. The molecule has 0 bridgehead atoms. The maximum absolute atomic E-state index is 10.8. The molecular weight excluding hydrogens is 376 g/mol. The van der Waals surface area contributed by atoms with Crippen molar-refractivity contribution in [2.24, 2.45) is 51.2 Å². The molecule has 4 fully saturated rings. The largest absolute Gasteiger partial charge is 0.393 e. The summed E-state index contributed by atoms with van der Waals surface area (Å²) in [7, 11) is 0. The summed E-state index contributed by atoms with van der Waals surface area (Å²) in [5, 5.41) is 10.8. The zero-order valence-electron chi connectivity index (χ0n) is 22.1. The van der Waals surface area contributed by atoms with Gasteiger partial charge in [-0.25, -0.2) is 0 Å². The van der Waals surface area contributed by atoms with E-state index >= 15 is 0 Å². The number of aliphatic hydroxyl groups is 1. The van der Waals surface area contributed by atoms with Crippen molar-refractivity contribution in [3.8, 4) is 0 Å². The lowest BCUT2D eigenvalue weighted by molar-refractivity contribution is -0.200. The number of aliphatic hydroxyl groups excluding tert-OH is 1. The van der Waals surface area contributed by atoms with Gasteiger partial charge in [-0.3, -0.25) is 0 Å². The molecule has 4 saturated carbocycles. The van der Waals surface area contributed by atoms with E-state index in [0.29, 0.717) is 22.2 Å². The van der Waals surface area contributed by atoms with Crippen LogP contribution in [0.5, 0.6) is 0 Å². The van der Waals surface area contributed by atoms with E-state index in [1.807, 2.05) is 0 Å². The molecule has 9 atom stereocenters. The van der Waals surface area contributed by atoms with E-state index in [1.54, 1.807) is 0 Å². The Kier molecular flexibility index (Phi) is 6.07. The Labute approximate surface area is 193 Å². The van der Waals surface area contributed by atoms with Crippen molar-refractivity contribution < 1.29 is 5.11 Å². The van der Waals surface area contributed by atoms with E-state index in [-0.39, 0.29) is 11.5 Å². The van der Waals surface area contributed by atoms with Crippen LogP contribution in [0.15, 0.2) is 11.6 Å². The minimum Gasteiger partial charge on any atom is -0.393 e. The van der Waals surface area contributed by atoms with Crippen molar-refractivity contribution in [2.45, 2.75) is 126 Å². The summed E-state index contributed by atoms with van der Waals surface area (Å²) in [6, 6.07) is 0. The van der Waals surface area contributed by atoms with Crippen LogP contribution in [-0.2, 0) is 0 Å². The molecule has 1 N–H and O–H groups in total. The van der Waals surface area contributed by atoms with Crippen LogP contribution < -0.4 is 0 Å². The van der Waals surface area contributed by atoms with Gasteiger partial charge in [-0.15, -0.1) is 0 Å². The molecule has 1 heteroatoms. The van der Waals surface area contributed by atoms with Gasteiger partial charge in [0.05, 0.1) is 6.10 Å². The molecule has 0 saturated heterocycles. The maximum atomic E-state index is 10.8. The highest BCUT2D eigenvalue weighted by Crippen LogP contribution is 2.74. The van der Waals surface area contributed by atoms with Gasteiger partial charge >= 0.3 is 0 Å². The van der Waals surface area contributed by atoms with Crippen molar-refractivity contribution in [3.05, 3.63) is 11.6 Å². The van der Waals surface area contributed by atoms with E-state index in [4.69, 9.17) is 0 Å². The van der Waals surface area contributed by atoms with E-state index in [9.17, 15) is 5.11 Å². The summed E-state index contributed by atoms with van der Waals surface area (Å²) in [5.41, 5.74) is 3.02. The predicted octanol–water partition coefficient (Wildman–Crippen LogP) is 8.41. The van der Waals surface area contributed by atoms with Gasteiger partial charge in [-0.1, -0.05) is 53.2 Å². The minimum atomic E-state index is -0.107. The highest BCUT2D eigenvalue weighted by atomic mass is 16.3. The van der Waals surface area contributed by atoms with Crippen LogP contribution in [0.4, 0.5) is 0 Å². The minimum absolute atomic E-state index is 0.0806. The zero-order valence-corrected chi connectivity index (χ0v) is 22.1. The van der Waals surface area contributed by atoms with Gasteiger partial charge in [0.25, 0.3) is 0 Å². The first-order valence-electron chi connectivity index (χ1n) is 13.7. The summed E-state index contributed by atoms with van der Waals surface area (Å²) >= 11 is 0. The summed E-state index contributed by atoms with van der Waals surface area (Å²) in [4.78, 5) is 0. The Bertz CT molecular complexity index is 701. The Balaban J connectivity index is 1.58. The Morgan fingerprint density at radius 3 is 2.23 bits per heavy atom. The van der Waals surface area contributed by atoms with E-state index < -0.39 is 0 Å². The molecule has 0 radical (unpaired) electrons. The van der Waals surface area contributed by atoms with Crippen LogP contribution in [-0.4, -0.2) is 11.2 Å². The van der Waals surface area contributed by atoms with Gasteiger partial charge in [-0.2, -0.15) is 0 Å². The standard InChI is InChI=1S/C30H52O/c1-20(2)10-9-11-21(3)22-14-18-30(8)24-12-13-25-27(4,5)26(31)16-17-28(25,6)23(24)15-19-29(22,30)7/h10,21-26,31H,9,11-19H2,1-8H3. The second kappa shape index (κ2) is 7.89. The number of allylic oxidation sites excluding steroid dienone is 2. The van der Waals surface area contributed by atoms with Gasteiger partial charge in [0, 0.05) is 0 Å². The van der Waals surface area contributed by atoms with Crippen LogP contribution in [0.25, 0.3) is 0 Å². The zero-order chi connectivity index (χ0) is 22.8. The Hall–Kier alpha value is -0.300. The van der Waals surface area contributed by atoms with E-state index in [1.165, 1.54) is 63.4 Å². The van der Waals surface area contributed by atoms with Crippen LogP contribution in [0.2, 0.25) is 0 Å². The third kappa shape index (κ3) is 3.41. The molecule has 0 aromatic carbocycles. The van der Waals surface area contributed by atoms with Crippen molar-refractivity contribution in [1.29, 1.82) is 0 Å². The summed E-state index contributed by atoms with van der Waals surface area (Å²) in [6.07, 6.45) is 15.8. The predicted molar refractivity (Wildman–Crippen MR) is 133 cm³/mol. The highest BCUT2D eigenvalue weighted by Gasteiger charge is 2.67. The van der Waals surface area contributed by atoms with Crippen LogP contribution >= 0.6 is 0 Å². The maximum Gasteiger partial charge on any atom is 0.0594 e. The second-order valence-electron chi connectivity index (χ2n) is 14.1. The molecule has 0 spiro atoms. The molecule has 178 valence electrons. The number of rotatable bonds is 4. The molecule has 0 amide bonds. The topological polar surface area (TPSA) is 20.2 Å². The van der Waals surface area contributed by atoms with Crippen LogP contribution in [0, 0.1) is 51.2 Å². The number of hydrogen-bond acceptors (Lipinski definition) is 1. The van der Waals surface area contributed by atoms with E-state index in [2.05, 4.69) is 61.5 Å². The summed E-state index contributed by atoms with van der Waals surface area (Å²) < 4.78 is 0. The molecule has 4 aliphatic carbocycles. The fourth-order valence-corrected chi connectivity index (χ4v) is 10.3. The quantitative estimate of drug-likeness (QED) is 0.445. The van der Waals surface area contributed by atoms with Gasteiger partial charge < -0.3 is 5.11 Å².